The summed E-state index contributed by atoms with van der Waals surface area (Å²) in [6, 6.07) is 0. The number of carbonyl (C=O) groups excluding carboxylic acids is 1. The van der Waals surface area contributed by atoms with E-state index in [-0.39, 0.29) is 12.5 Å². The molecule has 0 spiro atoms. The van der Waals surface area contributed by atoms with Gasteiger partial charge in [0.05, 0.1) is 19.8 Å². The molecule has 16 heavy (non-hydrogen) atoms. The lowest BCUT2D eigenvalue weighted by molar-refractivity contribution is -0.128. The van der Waals surface area contributed by atoms with E-state index in [1.807, 2.05) is 4.90 Å². The van der Waals surface area contributed by atoms with Crippen molar-refractivity contribution >= 4 is 5.91 Å². The van der Waals surface area contributed by atoms with Crippen molar-refractivity contribution < 1.29 is 14.6 Å². The average Bonchev–Trinajstić information content (AvgIpc) is 2.50. The second-order valence-corrected chi connectivity index (χ2v) is 4.04. The maximum absolute atomic E-state index is 11.2. The Morgan fingerprint density at radius 1 is 1.25 bits per heavy atom. The fourth-order valence-electron chi connectivity index (χ4n) is 1.87. The van der Waals surface area contributed by atoms with Gasteiger partial charge in [0, 0.05) is 33.1 Å². The Bertz CT molecular complexity index is 211. The molecule has 0 saturated carbocycles. The van der Waals surface area contributed by atoms with E-state index in [0.717, 1.165) is 39.1 Å². The number of ether oxygens (including phenoxy) is 1. The molecule has 5 nitrogen and oxygen atoms in total. The standard InChI is InChI=1S/C11H22N2O3/c1-11(15)13-4-2-3-12(5-6-13)7-9-16-10-8-14/h14H,2-10H2,1H3. The van der Waals surface area contributed by atoms with Crippen LogP contribution in [-0.2, 0) is 9.53 Å². The fourth-order valence-corrected chi connectivity index (χ4v) is 1.87. The summed E-state index contributed by atoms with van der Waals surface area (Å²) in [5, 5.41) is 8.56. The molecule has 0 bridgehead atoms. The van der Waals surface area contributed by atoms with Gasteiger partial charge in [0.15, 0.2) is 0 Å². The van der Waals surface area contributed by atoms with E-state index >= 15 is 0 Å². The summed E-state index contributed by atoms with van der Waals surface area (Å²) >= 11 is 0. The first kappa shape index (κ1) is 13.4. The molecule has 0 aromatic rings. The smallest absolute Gasteiger partial charge is 0.219 e. The number of amides is 1. The van der Waals surface area contributed by atoms with Crippen LogP contribution in [0.4, 0.5) is 0 Å². The molecular weight excluding hydrogens is 208 g/mol. The van der Waals surface area contributed by atoms with Crippen molar-refractivity contribution in [2.45, 2.75) is 13.3 Å². The number of aliphatic hydroxyl groups excluding tert-OH is 1. The monoisotopic (exact) mass is 230 g/mol. The average molecular weight is 230 g/mol. The second kappa shape index (κ2) is 7.60. The van der Waals surface area contributed by atoms with Gasteiger partial charge >= 0.3 is 0 Å². The quantitative estimate of drug-likeness (QED) is 0.650. The molecule has 1 N–H and O–H groups in total. The number of aliphatic hydroxyl groups is 1. The van der Waals surface area contributed by atoms with Crippen molar-refractivity contribution in [2.24, 2.45) is 0 Å². The minimum absolute atomic E-state index is 0.0815. The third-order valence-electron chi connectivity index (χ3n) is 2.82. The Hall–Kier alpha value is -0.650. The summed E-state index contributed by atoms with van der Waals surface area (Å²) in [7, 11) is 0. The van der Waals surface area contributed by atoms with Crippen LogP contribution in [0.5, 0.6) is 0 Å². The molecule has 0 aliphatic carbocycles. The van der Waals surface area contributed by atoms with Crippen LogP contribution in [0.25, 0.3) is 0 Å². The number of hydrogen-bond acceptors (Lipinski definition) is 4. The molecule has 5 heteroatoms. The zero-order valence-electron chi connectivity index (χ0n) is 10.0. The Balaban J connectivity index is 2.17. The Kier molecular flexibility index (Phi) is 6.37. The summed E-state index contributed by atoms with van der Waals surface area (Å²) in [6.07, 6.45) is 1.03. The van der Waals surface area contributed by atoms with E-state index in [1.165, 1.54) is 0 Å². The lowest BCUT2D eigenvalue weighted by Gasteiger charge is -2.20. The maximum atomic E-state index is 11.2. The van der Waals surface area contributed by atoms with Gasteiger partial charge in [-0.25, -0.2) is 0 Å². The lowest BCUT2D eigenvalue weighted by atomic mass is 10.4. The van der Waals surface area contributed by atoms with Gasteiger partial charge in [0.25, 0.3) is 0 Å². The van der Waals surface area contributed by atoms with Crippen LogP contribution in [0.15, 0.2) is 0 Å². The molecule has 1 heterocycles. The molecule has 0 radical (unpaired) electrons. The van der Waals surface area contributed by atoms with Gasteiger partial charge in [-0.15, -0.1) is 0 Å². The van der Waals surface area contributed by atoms with Crippen molar-refractivity contribution in [3.05, 3.63) is 0 Å². The largest absolute Gasteiger partial charge is 0.394 e. The molecule has 0 atom stereocenters. The van der Waals surface area contributed by atoms with Gasteiger partial charge in [-0.05, 0) is 13.0 Å². The topological polar surface area (TPSA) is 53.0 Å². The Morgan fingerprint density at radius 3 is 2.75 bits per heavy atom. The summed E-state index contributed by atoms with van der Waals surface area (Å²) in [5.41, 5.74) is 0. The summed E-state index contributed by atoms with van der Waals surface area (Å²) in [5.74, 6) is 0.165. The third-order valence-corrected chi connectivity index (χ3v) is 2.82. The maximum Gasteiger partial charge on any atom is 0.219 e. The number of hydrogen-bond donors (Lipinski definition) is 1. The highest BCUT2D eigenvalue weighted by molar-refractivity contribution is 5.73. The molecule has 1 aliphatic heterocycles. The normalized spacial score (nSPS) is 18.5. The summed E-state index contributed by atoms with van der Waals surface area (Å²) in [4.78, 5) is 15.4. The van der Waals surface area contributed by atoms with Gasteiger partial charge in [0.2, 0.25) is 5.91 Å². The molecule has 0 aromatic heterocycles. The fraction of sp³-hybridized carbons (Fsp3) is 0.909. The van der Waals surface area contributed by atoms with Crippen LogP contribution in [0, 0.1) is 0 Å². The van der Waals surface area contributed by atoms with Crippen LogP contribution < -0.4 is 0 Å². The summed E-state index contributed by atoms with van der Waals surface area (Å²) in [6.45, 7) is 7.27. The van der Waals surface area contributed by atoms with E-state index in [9.17, 15) is 4.79 Å². The van der Waals surface area contributed by atoms with Crippen LogP contribution in [0.2, 0.25) is 0 Å². The van der Waals surface area contributed by atoms with E-state index in [2.05, 4.69) is 4.90 Å². The van der Waals surface area contributed by atoms with E-state index in [1.54, 1.807) is 6.92 Å². The van der Waals surface area contributed by atoms with Gasteiger partial charge in [0.1, 0.15) is 0 Å². The molecular formula is C11H22N2O3. The lowest BCUT2D eigenvalue weighted by Crippen LogP contribution is -2.34. The van der Waals surface area contributed by atoms with E-state index in [0.29, 0.717) is 13.2 Å². The van der Waals surface area contributed by atoms with Crippen LogP contribution in [-0.4, -0.2) is 73.4 Å². The van der Waals surface area contributed by atoms with E-state index < -0.39 is 0 Å². The first-order valence-electron chi connectivity index (χ1n) is 5.90. The molecule has 1 fully saturated rings. The SMILES string of the molecule is CC(=O)N1CCCN(CCOCCO)CC1. The van der Waals surface area contributed by atoms with E-state index in [4.69, 9.17) is 9.84 Å². The Morgan fingerprint density at radius 2 is 2.06 bits per heavy atom. The third kappa shape index (κ3) is 4.92. The van der Waals surface area contributed by atoms with Crippen molar-refractivity contribution in [1.29, 1.82) is 0 Å². The zero-order chi connectivity index (χ0) is 11.8. The van der Waals surface area contributed by atoms with Gasteiger partial charge in [-0.3, -0.25) is 9.69 Å². The van der Waals surface area contributed by atoms with Crippen molar-refractivity contribution in [3.8, 4) is 0 Å². The highest BCUT2D eigenvalue weighted by atomic mass is 16.5. The molecule has 1 amide bonds. The molecule has 0 unspecified atom stereocenters. The minimum atomic E-state index is 0.0815. The molecule has 0 aromatic carbocycles. The number of rotatable bonds is 5. The number of carbonyl (C=O) groups is 1. The first-order chi connectivity index (χ1) is 7.74. The molecule has 1 saturated heterocycles. The first-order valence-corrected chi connectivity index (χ1v) is 5.90. The van der Waals surface area contributed by atoms with Crippen molar-refractivity contribution in [2.75, 3.05) is 52.5 Å². The molecule has 94 valence electrons. The summed E-state index contributed by atoms with van der Waals surface area (Å²) < 4.78 is 5.23. The Labute approximate surface area is 97.0 Å². The second-order valence-electron chi connectivity index (χ2n) is 4.04. The van der Waals surface area contributed by atoms with Crippen LogP contribution in [0.1, 0.15) is 13.3 Å². The highest BCUT2D eigenvalue weighted by Crippen LogP contribution is 2.02. The highest BCUT2D eigenvalue weighted by Gasteiger charge is 2.15. The van der Waals surface area contributed by atoms with Crippen LogP contribution in [0.3, 0.4) is 0 Å². The van der Waals surface area contributed by atoms with Gasteiger partial charge < -0.3 is 14.7 Å². The molecule has 1 rings (SSSR count). The predicted molar refractivity (Wildman–Crippen MR) is 61.2 cm³/mol. The zero-order valence-corrected chi connectivity index (χ0v) is 10.0. The van der Waals surface area contributed by atoms with Crippen LogP contribution >= 0.6 is 0 Å². The van der Waals surface area contributed by atoms with Crippen molar-refractivity contribution in [3.63, 3.8) is 0 Å². The minimum Gasteiger partial charge on any atom is -0.394 e. The predicted octanol–water partition coefficient (Wildman–Crippen LogP) is -0.450. The van der Waals surface area contributed by atoms with Gasteiger partial charge in [-0.1, -0.05) is 0 Å². The van der Waals surface area contributed by atoms with Gasteiger partial charge in [-0.2, -0.15) is 0 Å². The van der Waals surface area contributed by atoms with Crippen molar-refractivity contribution in [1.82, 2.24) is 9.80 Å². The number of nitrogens with zero attached hydrogens (tertiary/aromatic N) is 2. The molecule has 1 aliphatic rings.